The van der Waals surface area contributed by atoms with Crippen molar-refractivity contribution >= 4 is 10.8 Å². The molecule has 0 aromatic heterocycles. The number of ether oxygens (including phenoxy) is 2. The van der Waals surface area contributed by atoms with Gasteiger partial charge in [0.05, 0.1) is 25.9 Å². The van der Waals surface area contributed by atoms with Crippen molar-refractivity contribution in [3.8, 4) is 0 Å². The first-order valence-electron chi connectivity index (χ1n) is 7.64. The van der Waals surface area contributed by atoms with Gasteiger partial charge in [-0.3, -0.25) is 4.21 Å². The molecule has 1 unspecified atom stereocenters. The average Bonchev–Trinajstić information content (AvgIpc) is 2.46. The molecule has 0 spiro atoms. The van der Waals surface area contributed by atoms with Gasteiger partial charge in [0.1, 0.15) is 0 Å². The molecule has 6 heteroatoms. The van der Waals surface area contributed by atoms with Crippen molar-refractivity contribution in [2.24, 2.45) is 0 Å². The highest BCUT2D eigenvalue weighted by Gasteiger charge is 2.18. The number of rotatable bonds is 11. The van der Waals surface area contributed by atoms with E-state index in [4.69, 9.17) is 9.47 Å². The predicted molar refractivity (Wildman–Crippen MR) is 81.5 cm³/mol. The van der Waals surface area contributed by atoms with Crippen LogP contribution in [0, 0.1) is 0 Å². The molecule has 0 aromatic carbocycles. The van der Waals surface area contributed by atoms with E-state index >= 15 is 0 Å². The van der Waals surface area contributed by atoms with E-state index in [-0.39, 0.29) is 0 Å². The third-order valence-corrected chi connectivity index (χ3v) is 4.74. The highest BCUT2D eigenvalue weighted by Crippen LogP contribution is 2.08. The minimum Gasteiger partial charge on any atom is -0.389 e. The molecule has 0 aromatic rings. The minimum absolute atomic E-state index is 0.336. The first-order chi connectivity index (χ1) is 9.72. The van der Waals surface area contributed by atoms with Crippen LogP contribution in [-0.2, 0) is 20.3 Å². The van der Waals surface area contributed by atoms with Crippen LogP contribution < -0.4 is 5.32 Å². The first-order valence-corrected chi connectivity index (χ1v) is 9.13. The summed E-state index contributed by atoms with van der Waals surface area (Å²) in [6.07, 6.45) is 3.60. The van der Waals surface area contributed by atoms with Crippen molar-refractivity contribution in [1.29, 1.82) is 0 Å². The molecule has 0 bridgehead atoms. The van der Waals surface area contributed by atoms with E-state index in [1.807, 2.05) is 0 Å². The summed E-state index contributed by atoms with van der Waals surface area (Å²) in [4.78, 5) is 0. The van der Waals surface area contributed by atoms with Gasteiger partial charge in [0, 0.05) is 41.5 Å². The molecular weight excluding hydrogens is 278 g/mol. The summed E-state index contributed by atoms with van der Waals surface area (Å²) < 4.78 is 22.0. The fourth-order valence-corrected chi connectivity index (χ4v) is 3.34. The normalized spacial score (nSPS) is 24.7. The molecule has 5 nitrogen and oxygen atoms in total. The summed E-state index contributed by atoms with van der Waals surface area (Å²) in [6.45, 7) is 4.91. The van der Waals surface area contributed by atoms with Gasteiger partial charge in [-0.2, -0.15) is 0 Å². The largest absolute Gasteiger partial charge is 0.389 e. The summed E-state index contributed by atoms with van der Waals surface area (Å²) in [7, 11) is -0.626. The molecular formula is C14H29NO4S. The van der Waals surface area contributed by atoms with Gasteiger partial charge in [-0.15, -0.1) is 0 Å². The molecule has 1 aliphatic rings. The highest BCUT2D eigenvalue weighted by molar-refractivity contribution is 7.85. The molecule has 1 rings (SSSR count). The molecule has 1 atom stereocenters. The zero-order valence-electron chi connectivity index (χ0n) is 12.5. The minimum atomic E-state index is -0.626. The smallest absolute Gasteiger partial charge is 0.0897 e. The lowest BCUT2D eigenvalue weighted by Crippen LogP contribution is -2.41. The van der Waals surface area contributed by atoms with Crippen molar-refractivity contribution in [3.05, 3.63) is 0 Å². The molecule has 0 radical (unpaired) electrons. The Kier molecular flexibility index (Phi) is 10.5. The average molecular weight is 307 g/mol. The summed E-state index contributed by atoms with van der Waals surface area (Å²) in [5.41, 5.74) is 0. The first kappa shape index (κ1) is 18.0. The highest BCUT2D eigenvalue weighted by atomic mass is 32.2. The van der Waals surface area contributed by atoms with Gasteiger partial charge in [0.15, 0.2) is 0 Å². The summed E-state index contributed by atoms with van der Waals surface area (Å²) in [5.74, 6) is 1.55. The fourth-order valence-electron chi connectivity index (χ4n) is 2.05. The monoisotopic (exact) mass is 307 g/mol. The Morgan fingerprint density at radius 1 is 1.25 bits per heavy atom. The maximum atomic E-state index is 11.2. The Morgan fingerprint density at radius 3 is 2.65 bits per heavy atom. The predicted octanol–water partition coefficient (Wildman–Crippen LogP) is 0.681. The second-order valence-electron chi connectivity index (χ2n) is 5.23. The van der Waals surface area contributed by atoms with Crippen molar-refractivity contribution in [2.45, 2.75) is 44.8 Å². The number of nitrogens with one attached hydrogen (secondary N) is 1. The van der Waals surface area contributed by atoms with Crippen LogP contribution in [0.2, 0.25) is 0 Å². The number of hydrogen-bond acceptors (Lipinski definition) is 5. The Bertz CT molecular complexity index is 256. The standard InChI is InChI=1S/C14H29NO4S/c1-2-3-6-18-7-8-19-12-14(16)11-15-13-4-9-20(17)10-5-13/h13-16H,2-12H2,1H3. The number of aliphatic hydroxyl groups is 1. The summed E-state index contributed by atoms with van der Waals surface area (Å²) in [5, 5.41) is 13.1. The van der Waals surface area contributed by atoms with Crippen LogP contribution in [0.3, 0.4) is 0 Å². The number of unbranched alkanes of at least 4 members (excludes halogenated alkanes) is 1. The van der Waals surface area contributed by atoms with Crippen molar-refractivity contribution in [1.82, 2.24) is 5.32 Å². The fraction of sp³-hybridized carbons (Fsp3) is 1.00. The van der Waals surface area contributed by atoms with Gasteiger partial charge < -0.3 is 19.9 Å². The quantitative estimate of drug-likeness (QED) is 0.550. The van der Waals surface area contributed by atoms with Gasteiger partial charge in [-0.1, -0.05) is 13.3 Å². The lowest BCUT2D eigenvalue weighted by atomic mass is 10.1. The molecule has 2 N–H and O–H groups in total. The van der Waals surface area contributed by atoms with E-state index < -0.39 is 16.9 Å². The van der Waals surface area contributed by atoms with Gasteiger partial charge in [0.2, 0.25) is 0 Å². The topological polar surface area (TPSA) is 67.8 Å². The molecule has 0 amide bonds. The zero-order valence-corrected chi connectivity index (χ0v) is 13.3. The molecule has 120 valence electrons. The molecule has 1 heterocycles. The van der Waals surface area contributed by atoms with Crippen LogP contribution in [0.15, 0.2) is 0 Å². The maximum Gasteiger partial charge on any atom is 0.0897 e. The number of aliphatic hydroxyl groups excluding tert-OH is 1. The third-order valence-electron chi connectivity index (χ3n) is 3.35. The van der Waals surface area contributed by atoms with Gasteiger partial charge in [-0.05, 0) is 19.3 Å². The molecule has 20 heavy (non-hydrogen) atoms. The summed E-state index contributed by atoms with van der Waals surface area (Å²) in [6, 6.07) is 0.389. The van der Waals surface area contributed by atoms with E-state index in [0.29, 0.717) is 32.4 Å². The van der Waals surface area contributed by atoms with Crippen LogP contribution in [0.5, 0.6) is 0 Å². The summed E-state index contributed by atoms with van der Waals surface area (Å²) >= 11 is 0. The SMILES string of the molecule is CCCCOCCOCC(O)CNC1CCS(=O)CC1. The molecule has 1 aliphatic heterocycles. The van der Waals surface area contributed by atoms with Crippen LogP contribution in [0.4, 0.5) is 0 Å². The van der Waals surface area contributed by atoms with Crippen LogP contribution in [0.1, 0.15) is 32.6 Å². The van der Waals surface area contributed by atoms with Crippen LogP contribution >= 0.6 is 0 Å². The van der Waals surface area contributed by atoms with Crippen LogP contribution in [-0.4, -0.2) is 65.9 Å². The van der Waals surface area contributed by atoms with Crippen molar-refractivity contribution in [2.75, 3.05) is 44.5 Å². The maximum absolute atomic E-state index is 11.2. The van der Waals surface area contributed by atoms with Gasteiger partial charge >= 0.3 is 0 Å². The second-order valence-corrected chi connectivity index (χ2v) is 6.92. The zero-order chi connectivity index (χ0) is 14.6. The Morgan fingerprint density at radius 2 is 1.95 bits per heavy atom. The lowest BCUT2D eigenvalue weighted by Gasteiger charge is -2.24. The van der Waals surface area contributed by atoms with E-state index in [9.17, 15) is 9.32 Å². The lowest BCUT2D eigenvalue weighted by molar-refractivity contribution is 0.00313. The van der Waals surface area contributed by atoms with E-state index in [0.717, 1.165) is 43.8 Å². The van der Waals surface area contributed by atoms with Crippen molar-refractivity contribution < 1.29 is 18.8 Å². The van der Waals surface area contributed by atoms with E-state index in [1.54, 1.807) is 0 Å². The van der Waals surface area contributed by atoms with E-state index in [1.165, 1.54) is 0 Å². The van der Waals surface area contributed by atoms with Gasteiger partial charge in [-0.25, -0.2) is 0 Å². The second kappa shape index (κ2) is 11.6. The molecule has 1 fully saturated rings. The number of hydrogen-bond donors (Lipinski definition) is 2. The Hall–Kier alpha value is -0.0100. The molecule has 0 saturated carbocycles. The van der Waals surface area contributed by atoms with Crippen molar-refractivity contribution in [3.63, 3.8) is 0 Å². The molecule has 1 saturated heterocycles. The Balaban J connectivity index is 1.90. The van der Waals surface area contributed by atoms with Gasteiger partial charge in [0.25, 0.3) is 0 Å². The third kappa shape index (κ3) is 9.02. The van der Waals surface area contributed by atoms with Crippen LogP contribution in [0.25, 0.3) is 0 Å². The molecule has 0 aliphatic carbocycles. The Labute approximate surface area is 124 Å². The van der Waals surface area contributed by atoms with E-state index in [2.05, 4.69) is 12.2 Å².